The molecule has 0 aliphatic rings. The van der Waals surface area contributed by atoms with E-state index in [0.29, 0.717) is 5.84 Å². The molecule has 40 valence electrons. The Morgan fingerprint density at radius 3 is 2.14 bits per heavy atom. The lowest BCUT2D eigenvalue weighted by molar-refractivity contribution is 1.13. The lowest BCUT2D eigenvalue weighted by atomic mass is 10.3. The first-order valence-electron chi connectivity index (χ1n) is 2.10. The third-order valence-corrected chi connectivity index (χ3v) is 0.677. The summed E-state index contributed by atoms with van der Waals surface area (Å²) in [6.07, 6.45) is 0. The van der Waals surface area contributed by atoms with Crippen LogP contribution in [0.25, 0.3) is 0 Å². The summed E-state index contributed by atoms with van der Waals surface area (Å²) in [6, 6.07) is 0. The van der Waals surface area contributed by atoms with Gasteiger partial charge < -0.3 is 5.32 Å². The van der Waals surface area contributed by atoms with Gasteiger partial charge in [0.2, 0.25) is 0 Å². The zero-order chi connectivity index (χ0) is 5.86. The molecule has 0 saturated carbocycles. The number of hydrogen-bond donors (Lipinski definition) is 2. The van der Waals surface area contributed by atoms with E-state index in [-0.39, 0.29) is 0 Å². The van der Waals surface area contributed by atoms with E-state index in [0.717, 1.165) is 5.57 Å². The standard InChI is InChI=1S/C5H10N2/c1-4(2)5(6)7-3/h1H2,2-3H3,(H2,6,7). The maximum absolute atomic E-state index is 6.98. The highest BCUT2D eigenvalue weighted by Crippen LogP contribution is 1.82. The summed E-state index contributed by atoms with van der Waals surface area (Å²) in [7, 11) is 1.71. The van der Waals surface area contributed by atoms with Crippen molar-refractivity contribution in [2.24, 2.45) is 0 Å². The summed E-state index contributed by atoms with van der Waals surface area (Å²) in [5.41, 5.74) is 0.766. The summed E-state index contributed by atoms with van der Waals surface area (Å²) in [6.45, 7) is 5.33. The summed E-state index contributed by atoms with van der Waals surface area (Å²) in [5, 5.41) is 9.63. The summed E-state index contributed by atoms with van der Waals surface area (Å²) < 4.78 is 0. The molecule has 0 aliphatic carbocycles. The number of likely N-dealkylation sites (N-methyl/N-ethyl adjacent to an activating group) is 1. The molecule has 0 heterocycles. The lowest BCUT2D eigenvalue weighted by Gasteiger charge is -1.96. The van der Waals surface area contributed by atoms with Gasteiger partial charge in [-0.15, -0.1) is 0 Å². The van der Waals surface area contributed by atoms with Crippen LogP contribution in [0.3, 0.4) is 0 Å². The lowest BCUT2D eigenvalue weighted by Crippen LogP contribution is -2.16. The number of nitrogens with one attached hydrogen (secondary N) is 2. The Kier molecular flexibility index (Phi) is 2.12. The smallest absolute Gasteiger partial charge is 0.120 e. The number of hydrogen-bond acceptors (Lipinski definition) is 1. The fraction of sp³-hybridized carbons (Fsp3) is 0.400. The molecule has 0 unspecified atom stereocenters. The largest absolute Gasteiger partial charge is 0.373 e. The van der Waals surface area contributed by atoms with Crippen molar-refractivity contribution < 1.29 is 0 Å². The first-order valence-corrected chi connectivity index (χ1v) is 2.10. The number of rotatable bonds is 1. The Balaban J connectivity index is 3.58. The van der Waals surface area contributed by atoms with E-state index in [1.807, 2.05) is 0 Å². The van der Waals surface area contributed by atoms with Crippen LogP contribution in [-0.2, 0) is 0 Å². The van der Waals surface area contributed by atoms with Crippen LogP contribution in [0.5, 0.6) is 0 Å². The third-order valence-electron chi connectivity index (χ3n) is 0.677. The highest BCUT2D eigenvalue weighted by atomic mass is 14.9. The van der Waals surface area contributed by atoms with E-state index in [2.05, 4.69) is 11.9 Å². The van der Waals surface area contributed by atoms with Crippen LogP contribution in [0.1, 0.15) is 6.92 Å². The van der Waals surface area contributed by atoms with Crippen LogP contribution in [0.2, 0.25) is 0 Å². The van der Waals surface area contributed by atoms with Gasteiger partial charge >= 0.3 is 0 Å². The Hall–Kier alpha value is -0.790. The van der Waals surface area contributed by atoms with Crippen LogP contribution in [-0.4, -0.2) is 12.9 Å². The van der Waals surface area contributed by atoms with Gasteiger partial charge in [0.25, 0.3) is 0 Å². The van der Waals surface area contributed by atoms with Crippen molar-refractivity contribution in [3.63, 3.8) is 0 Å². The van der Waals surface area contributed by atoms with Gasteiger partial charge in [-0.2, -0.15) is 0 Å². The SMILES string of the molecule is C=C(C)C(=N)NC. The second-order valence-electron chi connectivity index (χ2n) is 1.41. The summed E-state index contributed by atoms with van der Waals surface area (Å²) >= 11 is 0. The highest BCUT2D eigenvalue weighted by Gasteiger charge is 1.86. The number of amidine groups is 1. The van der Waals surface area contributed by atoms with Crippen molar-refractivity contribution in [2.45, 2.75) is 6.92 Å². The van der Waals surface area contributed by atoms with Crippen molar-refractivity contribution in [1.29, 1.82) is 5.41 Å². The zero-order valence-electron chi connectivity index (χ0n) is 4.71. The van der Waals surface area contributed by atoms with Gasteiger partial charge in [0, 0.05) is 7.05 Å². The molecule has 0 amide bonds. The second-order valence-corrected chi connectivity index (χ2v) is 1.41. The molecule has 0 radical (unpaired) electrons. The van der Waals surface area contributed by atoms with E-state index >= 15 is 0 Å². The molecule has 0 aliphatic heterocycles. The molecule has 0 aromatic rings. The van der Waals surface area contributed by atoms with Gasteiger partial charge in [0.1, 0.15) is 5.84 Å². The van der Waals surface area contributed by atoms with E-state index in [1.54, 1.807) is 14.0 Å². The zero-order valence-corrected chi connectivity index (χ0v) is 4.71. The molecule has 0 bridgehead atoms. The van der Waals surface area contributed by atoms with Gasteiger partial charge in [-0.05, 0) is 12.5 Å². The van der Waals surface area contributed by atoms with E-state index < -0.39 is 0 Å². The van der Waals surface area contributed by atoms with Crippen molar-refractivity contribution >= 4 is 5.84 Å². The minimum atomic E-state index is 0.403. The van der Waals surface area contributed by atoms with Gasteiger partial charge in [-0.3, -0.25) is 5.41 Å². The van der Waals surface area contributed by atoms with Gasteiger partial charge in [0.15, 0.2) is 0 Å². The Morgan fingerprint density at radius 2 is 2.14 bits per heavy atom. The van der Waals surface area contributed by atoms with Crippen LogP contribution in [0.15, 0.2) is 12.2 Å². The monoisotopic (exact) mass is 98.1 g/mol. The molecule has 0 aromatic heterocycles. The topological polar surface area (TPSA) is 35.9 Å². The Labute approximate surface area is 43.7 Å². The average molecular weight is 98.1 g/mol. The van der Waals surface area contributed by atoms with Crippen LogP contribution < -0.4 is 5.32 Å². The molecule has 7 heavy (non-hydrogen) atoms. The normalized spacial score (nSPS) is 7.71. The molecule has 2 N–H and O–H groups in total. The van der Waals surface area contributed by atoms with Crippen LogP contribution in [0.4, 0.5) is 0 Å². The highest BCUT2D eigenvalue weighted by molar-refractivity contribution is 5.94. The predicted octanol–water partition coefficient (Wildman–Crippen LogP) is 0.759. The second kappa shape index (κ2) is 2.39. The van der Waals surface area contributed by atoms with E-state index in [9.17, 15) is 0 Å². The van der Waals surface area contributed by atoms with Crippen molar-refractivity contribution in [2.75, 3.05) is 7.05 Å². The first-order chi connectivity index (χ1) is 3.18. The van der Waals surface area contributed by atoms with Gasteiger partial charge in [-0.25, -0.2) is 0 Å². The van der Waals surface area contributed by atoms with Crippen molar-refractivity contribution in [1.82, 2.24) is 5.32 Å². The van der Waals surface area contributed by atoms with E-state index in [1.165, 1.54) is 0 Å². The van der Waals surface area contributed by atoms with Crippen molar-refractivity contribution in [3.05, 3.63) is 12.2 Å². The molecule has 2 nitrogen and oxygen atoms in total. The maximum atomic E-state index is 6.98. The van der Waals surface area contributed by atoms with E-state index in [4.69, 9.17) is 5.41 Å². The van der Waals surface area contributed by atoms with Crippen LogP contribution >= 0.6 is 0 Å². The third kappa shape index (κ3) is 1.98. The summed E-state index contributed by atoms with van der Waals surface area (Å²) in [4.78, 5) is 0. The molecular formula is C5H10N2. The predicted molar refractivity (Wildman–Crippen MR) is 31.6 cm³/mol. The van der Waals surface area contributed by atoms with Crippen molar-refractivity contribution in [3.8, 4) is 0 Å². The summed E-state index contributed by atoms with van der Waals surface area (Å²) in [5.74, 6) is 0.403. The molecule has 0 saturated heterocycles. The first kappa shape index (κ1) is 6.21. The molecule has 0 spiro atoms. The molecule has 0 aromatic carbocycles. The molecule has 0 atom stereocenters. The Morgan fingerprint density at radius 1 is 1.71 bits per heavy atom. The average Bonchev–Trinajstić information content (AvgIpc) is 1.65. The molecule has 2 heteroatoms. The minimum Gasteiger partial charge on any atom is -0.373 e. The van der Waals surface area contributed by atoms with Gasteiger partial charge in [0.05, 0.1) is 0 Å². The fourth-order valence-corrected chi connectivity index (χ4v) is 0.213. The van der Waals surface area contributed by atoms with Gasteiger partial charge in [-0.1, -0.05) is 6.58 Å². The van der Waals surface area contributed by atoms with Crippen LogP contribution in [0, 0.1) is 5.41 Å². The molecule has 0 rings (SSSR count). The Bertz CT molecular complexity index is 94.3. The quantitative estimate of drug-likeness (QED) is 0.368. The molecule has 0 fully saturated rings. The minimum absolute atomic E-state index is 0.403. The molecular weight excluding hydrogens is 88.1 g/mol. The fourth-order valence-electron chi connectivity index (χ4n) is 0.213. The maximum Gasteiger partial charge on any atom is 0.120 e.